The summed E-state index contributed by atoms with van der Waals surface area (Å²) in [4.78, 5) is 16.7. The minimum atomic E-state index is -0.343. The van der Waals surface area contributed by atoms with E-state index in [0.29, 0.717) is 36.7 Å². The van der Waals surface area contributed by atoms with Crippen LogP contribution in [0.25, 0.3) is 0 Å². The van der Waals surface area contributed by atoms with Crippen LogP contribution >= 0.6 is 0 Å². The van der Waals surface area contributed by atoms with Crippen LogP contribution in [0.5, 0.6) is 0 Å². The second-order valence-electron chi connectivity index (χ2n) is 6.25. The quantitative estimate of drug-likeness (QED) is 0.660. The van der Waals surface area contributed by atoms with E-state index in [1.165, 1.54) is 6.07 Å². The maximum atomic E-state index is 14.3. The summed E-state index contributed by atoms with van der Waals surface area (Å²) in [5.74, 6) is 0.356. The summed E-state index contributed by atoms with van der Waals surface area (Å²) >= 11 is 0. The molecule has 0 unspecified atom stereocenters. The molecule has 0 aliphatic rings. The van der Waals surface area contributed by atoms with Gasteiger partial charge in [-0.25, -0.2) is 4.39 Å². The van der Waals surface area contributed by atoms with Gasteiger partial charge in [0.1, 0.15) is 5.82 Å². The van der Waals surface area contributed by atoms with E-state index in [1.807, 2.05) is 37.3 Å². The van der Waals surface area contributed by atoms with Gasteiger partial charge in [0.15, 0.2) is 5.82 Å². The Hall–Kier alpha value is -3.02. The lowest BCUT2D eigenvalue weighted by Gasteiger charge is -2.18. The average Bonchev–Trinajstić information content (AvgIpc) is 3.15. The summed E-state index contributed by atoms with van der Waals surface area (Å²) in [7, 11) is 0. The second-order valence-corrected chi connectivity index (χ2v) is 6.25. The molecule has 0 aliphatic carbocycles. The van der Waals surface area contributed by atoms with Crippen molar-refractivity contribution in [2.45, 2.75) is 32.1 Å². The van der Waals surface area contributed by atoms with Gasteiger partial charge >= 0.3 is 0 Å². The molecule has 0 radical (unpaired) electrons. The van der Waals surface area contributed by atoms with Crippen molar-refractivity contribution in [3.63, 3.8) is 0 Å². The van der Waals surface area contributed by atoms with Crippen molar-refractivity contribution >= 4 is 5.91 Å². The van der Waals surface area contributed by atoms with Gasteiger partial charge in [0.2, 0.25) is 11.8 Å². The second kappa shape index (κ2) is 9.07. The Morgan fingerprint density at radius 3 is 2.59 bits per heavy atom. The number of nitrogens with zero attached hydrogens (tertiary/aromatic N) is 2. The van der Waals surface area contributed by atoms with Crippen molar-refractivity contribution in [3.05, 3.63) is 83.3 Å². The van der Waals surface area contributed by atoms with Gasteiger partial charge in [0.25, 0.3) is 0 Å². The molecule has 1 atom stereocenters. The molecule has 3 rings (SSSR count). The molecule has 1 heterocycles. The smallest absolute Gasteiger partial charge is 0.226 e. The minimum Gasteiger partial charge on any atom is -0.356 e. The van der Waals surface area contributed by atoms with Crippen LogP contribution < -0.4 is 5.32 Å². The number of amides is 1. The highest BCUT2D eigenvalue weighted by molar-refractivity contribution is 5.77. The van der Waals surface area contributed by atoms with E-state index in [-0.39, 0.29) is 24.1 Å². The highest BCUT2D eigenvalue weighted by atomic mass is 19.1. The van der Waals surface area contributed by atoms with Crippen molar-refractivity contribution in [2.24, 2.45) is 0 Å². The predicted molar refractivity (Wildman–Crippen MR) is 99.7 cm³/mol. The number of benzene rings is 2. The Morgan fingerprint density at radius 1 is 1.15 bits per heavy atom. The highest BCUT2D eigenvalue weighted by Gasteiger charge is 2.21. The van der Waals surface area contributed by atoms with Gasteiger partial charge in [-0.15, -0.1) is 0 Å². The summed E-state index contributed by atoms with van der Waals surface area (Å²) in [5.41, 5.74) is 1.42. The van der Waals surface area contributed by atoms with Crippen LogP contribution in [0.3, 0.4) is 0 Å². The van der Waals surface area contributed by atoms with Crippen LogP contribution in [0.2, 0.25) is 0 Å². The maximum Gasteiger partial charge on any atom is 0.226 e. The first-order valence-corrected chi connectivity index (χ1v) is 9.05. The molecule has 5 nitrogen and oxygen atoms in total. The molecule has 0 saturated heterocycles. The van der Waals surface area contributed by atoms with Gasteiger partial charge in [0.05, 0.1) is 0 Å². The molecule has 0 spiro atoms. The van der Waals surface area contributed by atoms with Gasteiger partial charge in [0, 0.05) is 31.7 Å². The summed E-state index contributed by atoms with van der Waals surface area (Å²) in [6.07, 6.45) is 1.34. The van der Waals surface area contributed by atoms with Gasteiger partial charge in [-0.05, 0) is 17.2 Å². The molecular weight excluding hydrogens is 345 g/mol. The molecule has 6 heteroatoms. The van der Waals surface area contributed by atoms with E-state index in [1.54, 1.807) is 18.2 Å². The van der Waals surface area contributed by atoms with E-state index in [0.717, 1.165) is 5.56 Å². The van der Waals surface area contributed by atoms with Crippen molar-refractivity contribution in [1.82, 2.24) is 15.5 Å². The van der Waals surface area contributed by atoms with Gasteiger partial charge in [-0.3, -0.25) is 4.79 Å². The fourth-order valence-corrected chi connectivity index (χ4v) is 2.96. The first-order valence-electron chi connectivity index (χ1n) is 9.05. The van der Waals surface area contributed by atoms with E-state index >= 15 is 0 Å². The van der Waals surface area contributed by atoms with Crippen LogP contribution in [0.1, 0.15) is 42.1 Å². The van der Waals surface area contributed by atoms with Crippen molar-refractivity contribution in [1.29, 1.82) is 0 Å². The lowest BCUT2D eigenvalue weighted by molar-refractivity contribution is -0.121. The number of carbonyl (C=O) groups excluding carboxylic acids is 1. The first-order chi connectivity index (χ1) is 13.2. The number of rotatable bonds is 8. The lowest BCUT2D eigenvalue weighted by Crippen LogP contribution is -2.27. The van der Waals surface area contributed by atoms with Crippen LogP contribution in [-0.4, -0.2) is 22.6 Å². The number of nitrogens with one attached hydrogen (secondary N) is 1. The zero-order valence-electron chi connectivity index (χ0n) is 15.2. The van der Waals surface area contributed by atoms with Gasteiger partial charge in [-0.2, -0.15) is 4.98 Å². The monoisotopic (exact) mass is 367 g/mol. The van der Waals surface area contributed by atoms with E-state index in [2.05, 4.69) is 15.5 Å². The highest BCUT2D eigenvalue weighted by Crippen LogP contribution is 2.29. The third kappa shape index (κ3) is 5.00. The SMILES string of the molecule is CCc1nc(CCNC(=O)C[C@@H](c2ccccc2)c2ccccc2F)no1. The average molecular weight is 367 g/mol. The zero-order chi connectivity index (χ0) is 19.1. The maximum absolute atomic E-state index is 14.3. The number of aromatic nitrogens is 2. The summed E-state index contributed by atoms with van der Waals surface area (Å²) < 4.78 is 19.4. The Bertz CT molecular complexity index is 880. The van der Waals surface area contributed by atoms with Crippen molar-refractivity contribution in [3.8, 4) is 0 Å². The summed E-state index contributed by atoms with van der Waals surface area (Å²) in [6.45, 7) is 2.34. The zero-order valence-corrected chi connectivity index (χ0v) is 15.2. The van der Waals surface area contributed by atoms with E-state index in [4.69, 9.17) is 4.52 Å². The number of hydrogen-bond donors (Lipinski definition) is 1. The molecule has 0 aliphatic heterocycles. The molecule has 1 aromatic heterocycles. The molecule has 1 amide bonds. The first kappa shape index (κ1) is 18.8. The lowest BCUT2D eigenvalue weighted by atomic mass is 9.88. The van der Waals surface area contributed by atoms with E-state index in [9.17, 15) is 9.18 Å². The molecule has 0 fully saturated rings. The predicted octanol–water partition coefficient (Wildman–Crippen LogP) is 3.65. The topological polar surface area (TPSA) is 68.0 Å². The standard InChI is InChI=1S/C21H22FN3O2/c1-2-21-24-19(25-27-21)12-13-23-20(26)14-17(15-8-4-3-5-9-15)16-10-6-7-11-18(16)22/h3-11,17H,2,12-14H2,1H3,(H,23,26)/t17-/m0/s1. The largest absolute Gasteiger partial charge is 0.356 e. The number of halogens is 1. The van der Waals surface area contributed by atoms with Gasteiger partial charge in [-0.1, -0.05) is 60.6 Å². The Kier molecular flexibility index (Phi) is 6.30. The Morgan fingerprint density at radius 2 is 1.89 bits per heavy atom. The van der Waals surface area contributed by atoms with E-state index < -0.39 is 0 Å². The minimum absolute atomic E-state index is 0.147. The van der Waals surface area contributed by atoms with Crippen LogP contribution in [-0.2, 0) is 17.6 Å². The Balaban J connectivity index is 1.65. The molecule has 0 saturated carbocycles. The number of aryl methyl sites for hydroxylation is 1. The van der Waals surface area contributed by atoms with Crippen LogP contribution in [0, 0.1) is 5.82 Å². The fraction of sp³-hybridized carbons (Fsp3) is 0.286. The number of hydrogen-bond acceptors (Lipinski definition) is 4. The van der Waals surface area contributed by atoms with Crippen LogP contribution in [0.4, 0.5) is 4.39 Å². The molecule has 3 aromatic rings. The van der Waals surface area contributed by atoms with Crippen molar-refractivity contribution in [2.75, 3.05) is 6.54 Å². The summed E-state index contributed by atoms with van der Waals surface area (Å²) in [5, 5.41) is 6.73. The Labute approximate surface area is 157 Å². The summed E-state index contributed by atoms with van der Waals surface area (Å²) in [6, 6.07) is 16.1. The molecule has 0 bridgehead atoms. The molecule has 27 heavy (non-hydrogen) atoms. The van der Waals surface area contributed by atoms with Crippen LogP contribution in [0.15, 0.2) is 59.1 Å². The molecular formula is C21H22FN3O2. The fourth-order valence-electron chi connectivity index (χ4n) is 2.96. The molecule has 2 aromatic carbocycles. The third-order valence-corrected chi connectivity index (χ3v) is 4.36. The third-order valence-electron chi connectivity index (χ3n) is 4.36. The number of carbonyl (C=O) groups is 1. The normalized spacial score (nSPS) is 11.9. The molecule has 1 N–H and O–H groups in total. The molecule has 140 valence electrons. The van der Waals surface area contributed by atoms with Crippen molar-refractivity contribution < 1.29 is 13.7 Å². The van der Waals surface area contributed by atoms with Gasteiger partial charge < -0.3 is 9.84 Å².